The van der Waals surface area contributed by atoms with Crippen LogP contribution >= 0.6 is 0 Å². The van der Waals surface area contributed by atoms with E-state index in [2.05, 4.69) is 72.9 Å². The largest absolute Gasteiger partial charge is 0.493 e. The molecular weight excluding hydrogens is 400 g/mol. The fourth-order valence-corrected chi connectivity index (χ4v) is 4.41. The SMILES string of the molecule is COc1ccc(/C=N/NC(=O)C2CC2(c2cccc(C)c2)c2cccc(C)c2)cc1OC. The van der Waals surface area contributed by atoms with Gasteiger partial charge in [0, 0.05) is 5.41 Å². The number of aryl methyl sites for hydroxylation is 2. The van der Waals surface area contributed by atoms with Gasteiger partial charge in [0.25, 0.3) is 0 Å². The normalized spacial score (nSPS) is 16.6. The van der Waals surface area contributed by atoms with Crippen molar-refractivity contribution in [2.75, 3.05) is 14.2 Å². The van der Waals surface area contributed by atoms with E-state index in [-0.39, 0.29) is 17.2 Å². The van der Waals surface area contributed by atoms with E-state index in [1.807, 2.05) is 18.2 Å². The summed E-state index contributed by atoms with van der Waals surface area (Å²) in [5, 5.41) is 4.20. The summed E-state index contributed by atoms with van der Waals surface area (Å²) in [5.41, 5.74) is 7.95. The molecule has 1 aliphatic carbocycles. The zero-order valence-electron chi connectivity index (χ0n) is 18.9. The van der Waals surface area contributed by atoms with Crippen LogP contribution in [-0.4, -0.2) is 26.3 Å². The summed E-state index contributed by atoms with van der Waals surface area (Å²) in [6.07, 6.45) is 2.38. The first kappa shape index (κ1) is 21.6. The zero-order chi connectivity index (χ0) is 22.7. The van der Waals surface area contributed by atoms with Gasteiger partial charge in [0.05, 0.1) is 26.4 Å². The van der Waals surface area contributed by atoms with Crippen molar-refractivity contribution in [3.8, 4) is 11.5 Å². The molecule has 5 nitrogen and oxygen atoms in total. The van der Waals surface area contributed by atoms with Crippen LogP contribution in [0.4, 0.5) is 0 Å². The van der Waals surface area contributed by atoms with Crippen molar-refractivity contribution < 1.29 is 14.3 Å². The summed E-state index contributed by atoms with van der Waals surface area (Å²) in [6.45, 7) is 4.16. The van der Waals surface area contributed by atoms with Crippen molar-refractivity contribution in [1.29, 1.82) is 0 Å². The standard InChI is InChI=1S/C27H28N2O3/c1-18-7-5-9-21(13-18)27(22-10-6-8-19(2)14-22)16-23(27)26(30)29-28-17-20-11-12-24(31-3)25(15-20)32-4/h5-15,17,23H,16H2,1-4H3,(H,29,30)/b28-17+. The molecule has 5 heteroatoms. The highest BCUT2D eigenvalue weighted by Crippen LogP contribution is 2.59. The molecule has 0 heterocycles. The van der Waals surface area contributed by atoms with E-state index in [1.165, 1.54) is 22.3 Å². The topological polar surface area (TPSA) is 59.9 Å². The molecule has 1 fully saturated rings. The molecule has 0 aliphatic heterocycles. The number of amides is 1. The Morgan fingerprint density at radius 1 is 0.938 bits per heavy atom. The monoisotopic (exact) mass is 428 g/mol. The number of ether oxygens (including phenoxy) is 2. The predicted molar refractivity (Wildman–Crippen MR) is 127 cm³/mol. The first-order valence-corrected chi connectivity index (χ1v) is 10.7. The van der Waals surface area contributed by atoms with Gasteiger partial charge in [-0.1, -0.05) is 59.7 Å². The second kappa shape index (κ2) is 8.87. The van der Waals surface area contributed by atoms with Gasteiger partial charge in [-0.2, -0.15) is 5.10 Å². The van der Waals surface area contributed by atoms with Crippen molar-refractivity contribution in [3.63, 3.8) is 0 Å². The Morgan fingerprint density at radius 2 is 1.56 bits per heavy atom. The highest BCUT2D eigenvalue weighted by molar-refractivity contribution is 5.88. The number of methoxy groups -OCH3 is 2. The maximum Gasteiger partial charge on any atom is 0.244 e. The lowest BCUT2D eigenvalue weighted by Crippen LogP contribution is -2.25. The van der Waals surface area contributed by atoms with Crippen LogP contribution in [0.5, 0.6) is 11.5 Å². The van der Waals surface area contributed by atoms with Crippen LogP contribution in [0.2, 0.25) is 0 Å². The molecule has 0 spiro atoms. The molecule has 1 amide bonds. The number of nitrogens with one attached hydrogen (secondary N) is 1. The minimum absolute atomic E-state index is 0.0789. The third kappa shape index (κ3) is 4.11. The molecule has 1 unspecified atom stereocenters. The molecule has 0 aromatic heterocycles. The van der Waals surface area contributed by atoms with Gasteiger partial charge in [-0.25, -0.2) is 5.43 Å². The number of benzene rings is 3. The van der Waals surface area contributed by atoms with E-state index in [9.17, 15) is 4.79 Å². The van der Waals surface area contributed by atoms with Crippen molar-refractivity contribution in [2.45, 2.75) is 25.7 Å². The number of rotatable bonds is 7. The van der Waals surface area contributed by atoms with Crippen LogP contribution in [0.25, 0.3) is 0 Å². The van der Waals surface area contributed by atoms with Gasteiger partial charge in [-0.15, -0.1) is 0 Å². The van der Waals surface area contributed by atoms with Crippen LogP contribution in [0.15, 0.2) is 71.8 Å². The molecule has 1 atom stereocenters. The summed E-state index contributed by atoms with van der Waals surface area (Å²) < 4.78 is 10.6. The minimum atomic E-state index is -0.318. The smallest absolute Gasteiger partial charge is 0.244 e. The molecule has 3 aromatic rings. The molecule has 1 aliphatic rings. The zero-order valence-corrected chi connectivity index (χ0v) is 18.9. The summed E-state index contributed by atoms with van der Waals surface area (Å²) >= 11 is 0. The average Bonchev–Trinajstić information content (AvgIpc) is 3.56. The fourth-order valence-electron chi connectivity index (χ4n) is 4.41. The van der Waals surface area contributed by atoms with E-state index in [4.69, 9.17) is 9.47 Å². The lowest BCUT2D eigenvalue weighted by atomic mass is 9.84. The van der Waals surface area contributed by atoms with Crippen molar-refractivity contribution in [2.24, 2.45) is 11.0 Å². The molecule has 1 N–H and O–H groups in total. The highest BCUT2D eigenvalue weighted by Gasteiger charge is 2.60. The van der Waals surface area contributed by atoms with E-state index >= 15 is 0 Å². The maximum atomic E-state index is 13.1. The summed E-state index contributed by atoms with van der Waals surface area (Å²) in [6, 6.07) is 22.4. The van der Waals surface area contributed by atoms with E-state index in [0.29, 0.717) is 11.5 Å². The van der Waals surface area contributed by atoms with Gasteiger partial charge in [-0.3, -0.25) is 4.79 Å². The Labute approximate surface area is 189 Å². The van der Waals surface area contributed by atoms with Crippen LogP contribution in [-0.2, 0) is 10.2 Å². The lowest BCUT2D eigenvalue weighted by molar-refractivity contribution is -0.122. The molecule has 32 heavy (non-hydrogen) atoms. The Kier molecular flexibility index (Phi) is 5.99. The maximum absolute atomic E-state index is 13.1. The van der Waals surface area contributed by atoms with Crippen LogP contribution in [0.3, 0.4) is 0 Å². The van der Waals surface area contributed by atoms with E-state index < -0.39 is 0 Å². The van der Waals surface area contributed by atoms with Crippen LogP contribution in [0, 0.1) is 19.8 Å². The third-order valence-corrected chi connectivity index (χ3v) is 6.14. The summed E-state index contributed by atoms with van der Waals surface area (Å²) in [5.74, 6) is 1.01. The molecule has 1 saturated carbocycles. The van der Waals surface area contributed by atoms with Gasteiger partial charge in [0.15, 0.2) is 11.5 Å². The minimum Gasteiger partial charge on any atom is -0.493 e. The molecule has 0 radical (unpaired) electrons. The molecule has 0 saturated heterocycles. The Balaban J connectivity index is 1.55. The number of hydrogen-bond acceptors (Lipinski definition) is 4. The second-order valence-electron chi connectivity index (χ2n) is 8.32. The van der Waals surface area contributed by atoms with Crippen LogP contribution in [0.1, 0.15) is 34.2 Å². The third-order valence-electron chi connectivity index (χ3n) is 6.14. The van der Waals surface area contributed by atoms with Gasteiger partial charge in [-0.05, 0) is 55.2 Å². The van der Waals surface area contributed by atoms with Crippen molar-refractivity contribution >= 4 is 12.1 Å². The lowest BCUT2D eigenvalue weighted by Gasteiger charge is -2.19. The van der Waals surface area contributed by atoms with Gasteiger partial charge in [0.1, 0.15) is 0 Å². The summed E-state index contributed by atoms with van der Waals surface area (Å²) in [7, 11) is 3.18. The van der Waals surface area contributed by atoms with E-state index in [1.54, 1.807) is 20.4 Å². The van der Waals surface area contributed by atoms with Gasteiger partial charge >= 0.3 is 0 Å². The molecule has 4 rings (SSSR count). The Bertz CT molecular complexity index is 1120. The summed E-state index contributed by atoms with van der Waals surface area (Å²) in [4.78, 5) is 13.1. The number of carbonyl (C=O) groups excluding carboxylic acids is 1. The second-order valence-corrected chi connectivity index (χ2v) is 8.32. The highest BCUT2D eigenvalue weighted by atomic mass is 16.5. The van der Waals surface area contributed by atoms with Crippen molar-refractivity contribution in [3.05, 3.63) is 94.5 Å². The molecule has 3 aromatic carbocycles. The molecule has 164 valence electrons. The van der Waals surface area contributed by atoms with Gasteiger partial charge < -0.3 is 9.47 Å². The first-order valence-electron chi connectivity index (χ1n) is 10.7. The number of carbonyl (C=O) groups is 1. The Hall–Kier alpha value is -3.60. The quantitative estimate of drug-likeness (QED) is 0.435. The number of hydrazone groups is 1. The fraction of sp³-hybridized carbons (Fsp3) is 0.259. The number of hydrogen-bond donors (Lipinski definition) is 1. The predicted octanol–water partition coefficient (Wildman–Crippen LogP) is 4.78. The van der Waals surface area contributed by atoms with Crippen LogP contribution < -0.4 is 14.9 Å². The number of nitrogens with zero attached hydrogens (tertiary/aromatic N) is 1. The van der Waals surface area contributed by atoms with Gasteiger partial charge in [0.2, 0.25) is 5.91 Å². The molecular formula is C27H28N2O3. The average molecular weight is 429 g/mol. The van der Waals surface area contributed by atoms with E-state index in [0.717, 1.165) is 12.0 Å². The molecule has 0 bridgehead atoms. The first-order chi connectivity index (χ1) is 15.5. The Morgan fingerprint density at radius 3 is 2.12 bits per heavy atom. The van der Waals surface area contributed by atoms with Crippen molar-refractivity contribution in [1.82, 2.24) is 5.43 Å².